The summed E-state index contributed by atoms with van der Waals surface area (Å²) < 4.78 is 10.9. The molecule has 0 aliphatic carbocycles. The van der Waals surface area contributed by atoms with E-state index >= 15 is 0 Å². The van der Waals surface area contributed by atoms with E-state index < -0.39 is 0 Å². The Morgan fingerprint density at radius 2 is 1.92 bits per heavy atom. The van der Waals surface area contributed by atoms with E-state index in [4.69, 9.17) is 21.1 Å². The number of amides is 1. The van der Waals surface area contributed by atoms with Gasteiger partial charge in [0.1, 0.15) is 5.75 Å². The molecule has 1 aliphatic rings. The molecule has 1 amide bonds. The van der Waals surface area contributed by atoms with Gasteiger partial charge in [0.05, 0.1) is 13.2 Å². The van der Waals surface area contributed by atoms with E-state index in [2.05, 4.69) is 22.3 Å². The molecular formula is C20H23ClN2O3. The van der Waals surface area contributed by atoms with Gasteiger partial charge in [-0.2, -0.15) is 0 Å². The number of morpholine rings is 1. The monoisotopic (exact) mass is 374 g/mol. The molecule has 5 nitrogen and oxygen atoms in total. The third-order valence-electron chi connectivity index (χ3n) is 4.30. The molecule has 0 radical (unpaired) electrons. The second kappa shape index (κ2) is 8.92. The van der Waals surface area contributed by atoms with Crippen molar-refractivity contribution in [2.45, 2.75) is 13.5 Å². The zero-order valence-electron chi connectivity index (χ0n) is 14.8. The topological polar surface area (TPSA) is 50.8 Å². The summed E-state index contributed by atoms with van der Waals surface area (Å²) in [6.07, 6.45) is 0. The first-order chi connectivity index (χ1) is 12.6. The fourth-order valence-electron chi connectivity index (χ4n) is 2.75. The maximum absolute atomic E-state index is 12.0. The number of nitrogens with one attached hydrogen (secondary N) is 1. The summed E-state index contributed by atoms with van der Waals surface area (Å²) >= 11 is 5.98. The van der Waals surface area contributed by atoms with Crippen molar-refractivity contribution in [1.82, 2.24) is 5.32 Å². The van der Waals surface area contributed by atoms with Gasteiger partial charge in [0.2, 0.25) is 0 Å². The molecule has 1 saturated heterocycles. The maximum atomic E-state index is 12.0. The van der Waals surface area contributed by atoms with Crippen LogP contribution < -0.4 is 15.0 Å². The standard InChI is InChI=1S/C20H23ClN2O3/c1-15-12-18(6-7-19(15)21)26-14-20(24)22-13-16-2-4-17(5-3-16)23-8-10-25-11-9-23/h2-7,12H,8-11,13-14H2,1H3,(H,22,24). The maximum Gasteiger partial charge on any atom is 0.258 e. The van der Waals surface area contributed by atoms with Crippen LogP contribution in [0.2, 0.25) is 5.02 Å². The SMILES string of the molecule is Cc1cc(OCC(=O)NCc2ccc(N3CCOCC3)cc2)ccc1Cl. The van der Waals surface area contributed by atoms with E-state index in [0.29, 0.717) is 17.3 Å². The first-order valence-corrected chi connectivity index (χ1v) is 9.07. The lowest BCUT2D eigenvalue weighted by Crippen LogP contribution is -2.36. The lowest BCUT2D eigenvalue weighted by Gasteiger charge is -2.28. The zero-order chi connectivity index (χ0) is 18.4. The summed E-state index contributed by atoms with van der Waals surface area (Å²) in [5, 5.41) is 3.55. The van der Waals surface area contributed by atoms with E-state index in [0.717, 1.165) is 37.4 Å². The van der Waals surface area contributed by atoms with Gasteiger partial charge in [0, 0.05) is 30.3 Å². The molecule has 1 fully saturated rings. The van der Waals surface area contributed by atoms with E-state index in [9.17, 15) is 4.79 Å². The first kappa shape index (κ1) is 18.5. The Balaban J connectivity index is 1.44. The molecule has 2 aromatic rings. The van der Waals surface area contributed by atoms with Crippen molar-refractivity contribution in [2.24, 2.45) is 0 Å². The molecule has 1 heterocycles. The molecule has 0 saturated carbocycles. The average molecular weight is 375 g/mol. The van der Waals surface area contributed by atoms with Crippen molar-refractivity contribution in [3.05, 3.63) is 58.6 Å². The van der Waals surface area contributed by atoms with Crippen LogP contribution in [-0.2, 0) is 16.1 Å². The highest BCUT2D eigenvalue weighted by Gasteiger charge is 2.11. The fourth-order valence-corrected chi connectivity index (χ4v) is 2.87. The zero-order valence-corrected chi connectivity index (χ0v) is 15.6. The number of rotatable bonds is 6. The Morgan fingerprint density at radius 3 is 2.62 bits per heavy atom. The minimum Gasteiger partial charge on any atom is -0.484 e. The van der Waals surface area contributed by atoms with Gasteiger partial charge in [-0.25, -0.2) is 0 Å². The number of halogens is 1. The molecule has 1 aliphatic heterocycles. The number of ether oxygens (including phenoxy) is 2. The predicted molar refractivity (Wildman–Crippen MR) is 103 cm³/mol. The van der Waals surface area contributed by atoms with Crippen LogP contribution in [0.4, 0.5) is 5.69 Å². The van der Waals surface area contributed by atoms with E-state index in [1.807, 2.05) is 25.1 Å². The lowest BCUT2D eigenvalue weighted by molar-refractivity contribution is -0.123. The number of hydrogen-bond donors (Lipinski definition) is 1. The Labute approximate surface area is 158 Å². The summed E-state index contributed by atoms with van der Waals surface area (Å²) in [5.74, 6) is 0.478. The summed E-state index contributed by atoms with van der Waals surface area (Å²) in [6, 6.07) is 13.6. The van der Waals surface area contributed by atoms with Crippen LogP contribution in [0, 0.1) is 6.92 Å². The van der Waals surface area contributed by atoms with Gasteiger partial charge in [-0.1, -0.05) is 23.7 Å². The van der Waals surface area contributed by atoms with Crippen molar-refractivity contribution in [3.8, 4) is 5.75 Å². The fraction of sp³-hybridized carbons (Fsp3) is 0.350. The van der Waals surface area contributed by atoms with Gasteiger partial charge in [-0.15, -0.1) is 0 Å². The number of carbonyl (C=O) groups excluding carboxylic acids is 1. The highest BCUT2D eigenvalue weighted by atomic mass is 35.5. The van der Waals surface area contributed by atoms with Crippen molar-refractivity contribution in [2.75, 3.05) is 37.8 Å². The third kappa shape index (κ3) is 5.13. The summed E-state index contributed by atoms with van der Waals surface area (Å²) in [4.78, 5) is 14.3. The van der Waals surface area contributed by atoms with E-state index in [1.54, 1.807) is 12.1 Å². The number of aryl methyl sites for hydroxylation is 1. The molecule has 2 aromatic carbocycles. The molecule has 138 valence electrons. The molecule has 3 rings (SSSR count). The van der Waals surface area contributed by atoms with Crippen LogP contribution in [0.1, 0.15) is 11.1 Å². The van der Waals surface area contributed by atoms with Crippen LogP contribution in [0.3, 0.4) is 0 Å². The van der Waals surface area contributed by atoms with Gasteiger partial charge in [-0.3, -0.25) is 4.79 Å². The van der Waals surface area contributed by atoms with Crippen LogP contribution >= 0.6 is 11.6 Å². The first-order valence-electron chi connectivity index (χ1n) is 8.69. The quantitative estimate of drug-likeness (QED) is 0.843. The van der Waals surface area contributed by atoms with E-state index in [-0.39, 0.29) is 12.5 Å². The number of hydrogen-bond acceptors (Lipinski definition) is 4. The Morgan fingerprint density at radius 1 is 1.19 bits per heavy atom. The number of carbonyl (C=O) groups is 1. The Hall–Kier alpha value is -2.24. The van der Waals surface area contributed by atoms with Crippen LogP contribution in [-0.4, -0.2) is 38.8 Å². The molecule has 26 heavy (non-hydrogen) atoms. The third-order valence-corrected chi connectivity index (χ3v) is 4.73. The molecule has 0 unspecified atom stereocenters. The van der Waals surface area contributed by atoms with Gasteiger partial charge in [0.15, 0.2) is 6.61 Å². The summed E-state index contributed by atoms with van der Waals surface area (Å²) in [7, 11) is 0. The van der Waals surface area contributed by atoms with Gasteiger partial charge in [-0.05, 0) is 48.4 Å². The number of nitrogens with zero attached hydrogens (tertiary/aromatic N) is 1. The molecular weight excluding hydrogens is 352 g/mol. The van der Waals surface area contributed by atoms with Crippen molar-refractivity contribution < 1.29 is 14.3 Å². The molecule has 0 bridgehead atoms. The number of benzene rings is 2. The summed E-state index contributed by atoms with van der Waals surface area (Å²) in [5.41, 5.74) is 3.16. The molecule has 0 spiro atoms. The molecule has 0 aromatic heterocycles. The highest BCUT2D eigenvalue weighted by molar-refractivity contribution is 6.31. The molecule has 1 N–H and O–H groups in total. The largest absolute Gasteiger partial charge is 0.484 e. The number of anilines is 1. The summed E-state index contributed by atoms with van der Waals surface area (Å²) in [6.45, 7) is 5.72. The van der Waals surface area contributed by atoms with Gasteiger partial charge in [0.25, 0.3) is 5.91 Å². The minimum atomic E-state index is -0.158. The average Bonchev–Trinajstić information content (AvgIpc) is 2.68. The highest BCUT2D eigenvalue weighted by Crippen LogP contribution is 2.21. The van der Waals surface area contributed by atoms with Crippen LogP contribution in [0.15, 0.2) is 42.5 Å². The normalized spacial score (nSPS) is 14.2. The molecule has 6 heteroatoms. The Bertz CT molecular complexity index is 743. The van der Waals surface area contributed by atoms with E-state index in [1.165, 1.54) is 5.69 Å². The van der Waals surface area contributed by atoms with Gasteiger partial charge >= 0.3 is 0 Å². The Kier molecular flexibility index (Phi) is 6.36. The minimum absolute atomic E-state index is 0.0209. The van der Waals surface area contributed by atoms with Crippen LogP contribution in [0.5, 0.6) is 5.75 Å². The van der Waals surface area contributed by atoms with Crippen molar-refractivity contribution in [3.63, 3.8) is 0 Å². The second-order valence-corrected chi connectivity index (χ2v) is 6.65. The smallest absolute Gasteiger partial charge is 0.258 e. The van der Waals surface area contributed by atoms with Crippen molar-refractivity contribution in [1.29, 1.82) is 0 Å². The van der Waals surface area contributed by atoms with Gasteiger partial charge < -0.3 is 19.7 Å². The van der Waals surface area contributed by atoms with Crippen LogP contribution in [0.25, 0.3) is 0 Å². The lowest BCUT2D eigenvalue weighted by atomic mass is 10.2. The molecule has 0 atom stereocenters. The second-order valence-electron chi connectivity index (χ2n) is 6.24. The van der Waals surface area contributed by atoms with Crippen molar-refractivity contribution >= 4 is 23.2 Å². The predicted octanol–water partition coefficient (Wildman–Crippen LogP) is 3.18.